The maximum Gasteiger partial charge on any atom is 0.161 e. The first-order valence-corrected chi connectivity index (χ1v) is 4.75. The molecule has 0 N–H and O–H groups in total. The molecule has 0 saturated heterocycles. The van der Waals surface area contributed by atoms with E-state index in [0.717, 1.165) is 12.3 Å². The standard InChI is InChI=1S/C10H16O2/c1-7(11)10(12-2)6-8-3-4-9(10)5-8/h8-9H,3-6H2,1-2H3. The Kier molecular flexibility index (Phi) is 1.76. The minimum Gasteiger partial charge on any atom is -0.370 e. The quantitative estimate of drug-likeness (QED) is 0.628. The maximum atomic E-state index is 11.5. The molecule has 0 spiro atoms. The highest BCUT2D eigenvalue weighted by atomic mass is 16.5. The Morgan fingerprint density at radius 1 is 1.50 bits per heavy atom. The summed E-state index contributed by atoms with van der Waals surface area (Å²) in [5.41, 5.74) is -0.386. The predicted octanol–water partition coefficient (Wildman–Crippen LogP) is 1.78. The van der Waals surface area contributed by atoms with Gasteiger partial charge in [0.1, 0.15) is 5.60 Å². The average Bonchev–Trinajstić information content (AvgIpc) is 2.62. The van der Waals surface area contributed by atoms with E-state index in [1.165, 1.54) is 19.3 Å². The van der Waals surface area contributed by atoms with Gasteiger partial charge in [-0.05, 0) is 44.4 Å². The molecule has 2 aliphatic carbocycles. The van der Waals surface area contributed by atoms with Crippen LogP contribution in [0.3, 0.4) is 0 Å². The molecule has 2 aliphatic rings. The van der Waals surface area contributed by atoms with Crippen LogP contribution in [-0.4, -0.2) is 18.5 Å². The predicted molar refractivity (Wildman–Crippen MR) is 45.9 cm³/mol. The van der Waals surface area contributed by atoms with Crippen LogP contribution >= 0.6 is 0 Å². The summed E-state index contributed by atoms with van der Waals surface area (Å²) in [6, 6.07) is 0. The molecular formula is C10H16O2. The first kappa shape index (κ1) is 8.24. The minimum absolute atomic E-state index is 0.234. The third kappa shape index (κ3) is 0.875. The molecule has 2 rings (SSSR count). The molecule has 0 aromatic heterocycles. The van der Waals surface area contributed by atoms with Gasteiger partial charge < -0.3 is 4.74 Å². The number of carbonyl (C=O) groups excluding carboxylic acids is 1. The second-order valence-corrected chi connectivity index (χ2v) is 4.23. The third-order valence-corrected chi connectivity index (χ3v) is 3.75. The fourth-order valence-corrected chi connectivity index (χ4v) is 3.10. The maximum absolute atomic E-state index is 11.5. The van der Waals surface area contributed by atoms with E-state index < -0.39 is 0 Å². The van der Waals surface area contributed by atoms with Gasteiger partial charge in [-0.3, -0.25) is 4.79 Å². The third-order valence-electron chi connectivity index (χ3n) is 3.75. The van der Waals surface area contributed by atoms with E-state index in [9.17, 15) is 4.79 Å². The van der Waals surface area contributed by atoms with Gasteiger partial charge in [-0.15, -0.1) is 0 Å². The van der Waals surface area contributed by atoms with E-state index in [-0.39, 0.29) is 11.4 Å². The molecule has 2 heteroatoms. The van der Waals surface area contributed by atoms with Gasteiger partial charge in [0.2, 0.25) is 0 Å². The molecule has 2 bridgehead atoms. The zero-order valence-electron chi connectivity index (χ0n) is 7.80. The second kappa shape index (κ2) is 2.56. The highest BCUT2D eigenvalue weighted by Crippen LogP contribution is 2.52. The summed E-state index contributed by atoms with van der Waals surface area (Å²) in [5, 5.41) is 0. The molecule has 0 aliphatic heterocycles. The summed E-state index contributed by atoms with van der Waals surface area (Å²) in [5.74, 6) is 1.51. The Morgan fingerprint density at radius 3 is 2.50 bits per heavy atom. The molecule has 0 heterocycles. The fraction of sp³-hybridized carbons (Fsp3) is 0.900. The molecule has 3 atom stereocenters. The first-order valence-electron chi connectivity index (χ1n) is 4.75. The van der Waals surface area contributed by atoms with Gasteiger partial charge in [0, 0.05) is 7.11 Å². The molecule has 12 heavy (non-hydrogen) atoms. The van der Waals surface area contributed by atoms with Crippen molar-refractivity contribution < 1.29 is 9.53 Å². The molecule has 2 fully saturated rings. The number of ketones is 1. The average molecular weight is 168 g/mol. The van der Waals surface area contributed by atoms with Gasteiger partial charge in [-0.25, -0.2) is 0 Å². The van der Waals surface area contributed by atoms with Gasteiger partial charge in [-0.2, -0.15) is 0 Å². The highest BCUT2D eigenvalue weighted by Gasteiger charge is 2.54. The van der Waals surface area contributed by atoms with Crippen molar-refractivity contribution >= 4 is 5.78 Å². The summed E-state index contributed by atoms with van der Waals surface area (Å²) >= 11 is 0. The summed E-state index contributed by atoms with van der Waals surface area (Å²) in [6.45, 7) is 1.67. The number of Topliss-reactive ketones (excluding diaryl/α,β-unsaturated/α-hetero) is 1. The molecule has 0 amide bonds. The molecule has 0 aromatic rings. The van der Waals surface area contributed by atoms with E-state index in [4.69, 9.17) is 4.74 Å². The van der Waals surface area contributed by atoms with Crippen LogP contribution < -0.4 is 0 Å². The SMILES string of the molecule is COC1(C(C)=O)CC2CCC1C2. The first-order chi connectivity index (χ1) is 5.69. The summed E-state index contributed by atoms with van der Waals surface area (Å²) in [6.07, 6.45) is 4.69. The smallest absolute Gasteiger partial charge is 0.161 e. The van der Waals surface area contributed by atoms with E-state index in [0.29, 0.717) is 5.92 Å². The van der Waals surface area contributed by atoms with Crippen molar-refractivity contribution in [1.29, 1.82) is 0 Å². The Hall–Kier alpha value is -0.370. The van der Waals surface area contributed by atoms with Gasteiger partial charge in [0.25, 0.3) is 0 Å². The molecule has 0 radical (unpaired) electrons. The molecule has 2 nitrogen and oxygen atoms in total. The number of fused-ring (bicyclic) bond motifs is 2. The van der Waals surface area contributed by atoms with Crippen LogP contribution in [0.25, 0.3) is 0 Å². The topological polar surface area (TPSA) is 26.3 Å². The number of rotatable bonds is 2. The van der Waals surface area contributed by atoms with E-state index in [1.807, 2.05) is 0 Å². The normalized spacial score (nSPS) is 45.2. The number of ether oxygens (including phenoxy) is 1. The zero-order chi connectivity index (χ0) is 8.77. The van der Waals surface area contributed by atoms with Crippen LogP contribution in [0.1, 0.15) is 32.6 Å². The van der Waals surface area contributed by atoms with Crippen LogP contribution in [0.4, 0.5) is 0 Å². The Balaban J connectivity index is 2.25. The molecular weight excluding hydrogens is 152 g/mol. The van der Waals surface area contributed by atoms with Crippen molar-refractivity contribution in [3.8, 4) is 0 Å². The van der Waals surface area contributed by atoms with Crippen LogP contribution in [0.15, 0.2) is 0 Å². The number of methoxy groups -OCH3 is 1. The van der Waals surface area contributed by atoms with Crippen LogP contribution in [-0.2, 0) is 9.53 Å². The van der Waals surface area contributed by atoms with Gasteiger partial charge >= 0.3 is 0 Å². The van der Waals surface area contributed by atoms with Crippen molar-refractivity contribution in [2.75, 3.05) is 7.11 Å². The van der Waals surface area contributed by atoms with E-state index in [2.05, 4.69) is 0 Å². The molecule has 3 unspecified atom stereocenters. The monoisotopic (exact) mass is 168 g/mol. The number of hydrogen-bond donors (Lipinski definition) is 0. The van der Waals surface area contributed by atoms with Crippen LogP contribution in [0.5, 0.6) is 0 Å². The molecule has 68 valence electrons. The molecule has 2 saturated carbocycles. The van der Waals surface area contributed by atoms with Crippen molar-refractivity contribution in [2.24, 2.45) is 11.8 Å². The minimum atomic E-state index is -0.386. The van der Waals surface area contributed by atoms with E-state index in [1.54, 1.807) is 14.0 Å². The number of carbonyl (C=O) groups is 1. The van der Waals surface area contributed by atoms with Crippen molar-refractivity contribution in [2.45, 2.75) is 38.2 Å². The second-order valence-electron chi connectivity index (χ2n) is 4.23. The lowest BCUT2D eigenvalue weighted by Gasteiger charge is -2.33. The van der Waals surface area contributed by atoms with Crippen molar-refractivity contribution in [1.82, 2.24) is 0 Å². The Morgan fingerprint density at radius 2 is 2.25 bits per heavy atom. The largest absolute Gasteiger partial charge is 0.370 e. The Labute approximate surface area is 73.3 Å². The molecule has 0 aromatic carbocycles. The van der Waals surface area contributed by atoms with Gasteiger partial charge in [0.15, 0.2) is 5.78 Å². The lowest BCUT2D eigenvalue weighted by Crippen LogP contribution is -2.44. The van der Waals surface area contributed by atoms with Gasteiger partial charge in [-0.1, -0.05) is 0 Å². The lowest BCUT2D eigenvalue weighted by atomic mass is 9.81. The Bertz CT molecular complexity index is 212. The van der Waals surface area contributed by atoms with Crippen molar-refractivity contribution in [3.63, 3.8) is 0 Å². The summed E-state index contributed by atoms with van der Waals surface area (Å²) in [7, 11) is 1.68. The summed E-state index contributed by atoms with van der Waals surface area (Å²) in [4.78, 5) is 11.5. The van der Waals surface area contributed by atoms with Crippen molar-refractivity contribution in [3.05, 3.63) is 0 Å². The lowest BCUT2D eigenvalue weighted by molar-refractivity contribution is -0.145. The summed E-state index contributed by atoms with van der Waals surface area (Å²) < 4.78 is 5.44. The fourth-order valence-electron chi connectivity index (χ4n) is 3.10. The van der Waals surface area contributed by atoms with Gasteiger partial charge in [0.05, 0.1) is 0 Å². The highest BCUT2D eigenvalue weighted by molar-refractivity contribution is 5.86. The van der Waals surface area contributed by atoms with E-state index >= 15 is 0 Å². The van der Waals surface area contributed by atoms with Crippen LogP contribution in [0, 0.1) is 11.8 Å². The zero-order valence-corrected chi connectivity index (χ0v) is 7.80. The van der Waals surface area contributed by atoms with Crippen LogP contribution in [0.2, 0.25) is 0 Å². The number of hydrogen-bond acceptors (Lipinski definition) is 2.